The average molecular weight is 428 g/mol. The number of amides is 3. The first-order valence-electron chi connectivity index (χ1n) is 8.24. The highest BCUT2D eigenvalue weighted by atomic mass is 79.9. The highest BCUT2D eigenvalue weighted by Crippen LogP contribution is 2.37. The lowest BCUT2D eigenvalue weighted by molar-refractivity contribution is -0.127. The number of hydrogen-bond donors (Lipinski definition) is 3. The number of rotatable bonds is 7. The van der Waals surface area contributed by atoms with Gasteiger partial charge in [0.15, 0.2) is 11.5 Å². The number of benzene rings is 1. The molecule has 0 radical (unpaired) electrons. The minimum absolute atomic E-state index is 0.00828. The van der Waals surface area contributed by atoms with E-state index in [0.29, 0.717) is 28.5 Å². The van der Waals surface area contributed by atoms with Gasteiger partial charge in [0.05, 0.1) is 24.7 Å². The Labute approximate surface area is 160 Å². The zero-order valence-corrected chi connectivity index (χ0v) is 16.4. The Hall–Kier alpha value is -2.29. The first-order valence-corrected chi connectivity index (χ1v) is 9.03. The van der Waals surface area contributed by atoms with Crippen molar-refractivity contribution in [3.63, 3.8) is 0 Å². The van der Waals surface area contributed by atoms with Crippen molar-refractivity contribution in [2.75, 3.05) is 20.3 Å². The second kappa shape index (κ2) is 8.88. The monoisotopic (exact) mass is 427 g/mol. The molecule has 2 atom stereocenters. The molecule has 0 heterocycles. The third kappa shape index (κ3) is 5.10. The van der Waals surface area contributed by atoms with Gasteiger partial charge in [-0.3, -0.25) is 25.2 Å². The summed E-state index contributed by atoms with van der Waals surface area (Å²) in [4.78, 5) is 35.6. The molecule has 0 aliphatic heterocycles. The van der Waals surface area contributed by atoms with E-state index in [9.17, 15) is 14.4 Å². The van der Waals surface area contributed by atoms with E-state index in [-0.39, 0.29) is 23.9 Å². The molecule has 0 saturated heterocycles. The number of halogens is 1. The fourth-order valence-electron chi connectivity index (χ4n) is 2.36. The topological polar surface area (TPSA) is 106 Å². The van der Waals surface area contributed by atoms with Crippen LogP contribution in [0.5, 0.6) is 11.5 Å². The number of carbonyl (C=O) groups is 3. The van der Waals surface area contributed by atoms with Crippen molar-refractivity contribution in [1.29, 1.82) is 0 Å². The lowest BCUT2D eigenvalue weighted by atomic mass is 10.2. The second-order valence-electron chi connectivity index (χ2n) is 5.96. The molecule has 1 aliphatic carbocycles. The SMILES string of the molecule is CCOc1c(Br)cc(C(=O)NNC(=O)CNC(=O)[C@@H]2C[C@H]2C)cc1OC. The van der Waals surface area contributed by atoms with E-state index in [1.165, 1.54) is 13.2 Å². The molecule has 9 heteroatoms. The standard InChI is InChI=1S/C17H22BrN3O5/c1-4-26-15-12(18)6-10(7-13(15)25-3)16(23)21-20-14(22)8-19-17(24)11-5-9(11)2/h6-7,9,11H,4-5,8H2,1-3H3,(H,19,24)(H,20,22)(H,21,23)/t9-,11-/m1/s1. The molecular weight excluding hydrogens is 406 g/mol. The van der Waals surface area contributed by atoms with Crippen LogP contribution in [0, 0.1) is 11.8 Å². The van der Waals surface area contributed by atoms with Crippen LogP contribution in [0.4, 0.5) is 0 Å². The van der Waals surface area contributed by atoms with Crippen LogP contribution in [-0.4, -0.2) is 38.0 Å². The third-order valence-electron chi connectivity index (χ3n) is 3.97. The van der Waals surface area contributed by atoms with E-state index in [2.05, 4.69) is 32.1 Å². The van der Waals surface area contributed by atoms with Gasteiger partial charge in [0, 0.05) is 11.5 Å². The zero-order chi connectivity index (χ0) is 19.3. The highest BCUT2D eigenvalue weighted by Gasteiger charge is 2.38. The summed E-state index contributed by atoms with van der Waals surface area (Å²) in [5, 5.41) is 2.54. The highest BCUT2D eigenvalue weighted by molar-refractivity contribution is 9.10. The largest absolute Gasteiger partial charge is 0.493 e. The molecule has 0 bridgehead atoms. The van der Waals surface area contributed by atoms with Crippen molar-refractivity contribution < 1.29 is 23.9 Å². The van der Waals surface area contributed by atoms with Crippen LogP contribution < -0.4 is 25.6 Å². The van der Waals surface area contributed by atoms with E-state index < -0.39 is 11.8 Å². The number of carbonyl (C=O) groups excluding carboxylic acids is 3. The number of hydrazine groups is 1. The summed E-state index contributed by atoms with van der Waals surface area (Å²) >= 11 is 3.33. The summed E-state index contributed by atoms with van der Waals surface area (Å²) in [6, 6.07) is 3.07. The Kier molecular flexibility index (Phi) is 6.84. The van der Waals surface area contributed by atoms with Crippen molar-refractivity contribution in [1.82, 2.24) is 16.2 Å². The van der Waals surface area contributed by atoms with Crippen molar-refractivity contribution in [3.8, 4) is 11.5 Å². The molecule has 3 N–H and O–H groups in total. The van der Waals surface area contributed by atoms with E-state index in [4.69, 9.17) is 9.47 Å². The summed E-state index contributed by atoms with van der Waals surface area (Å²) < 4.78 is 11.2. The molecule has 1 fully saturated rings. The van der Waals surface area contributed by atoms with E-state index in [1.807, 2.05) is 13.8 Å². The molecule has 0 spiro atoms. The molecule has 142 valence electrons. The summed E-state index contributed by atoms with van der Waals surface area (Å²) in [5.74, 6) is 0.0618. The van der Waals surface area contributed by atoms with Gasteiger partial charge in [0.25, 0.3) is 11.8 Å². The average Bonchev–Trinajstić information content (AvgIpc) is 3.35. The predicted octanol–water partition coefficient (Wildman–Crippen LogP) is 1.39. The maximum Gasteiger partial charge on any atom is 0.269 e. The Bertz CT molecular complexity index is 710. The van der Waals surface area contributed by atoms with Crippen molar-refractivity contribution in [2.45, 2.75) is 20.3 Å². The molecule has 0 unspecified atom stereocenters. The second-order valence-corrected chi connectivity index (χ2v) is 6.82. The number of hydrogen-bond acceptors (Lipinski definition) is 5. The number of methoxy groups -OCH3 is 1. The summed E-state index contributed by atoms with van der Waals surface area (Å²) in [6.07, 6.45) is 0.846. The van der Waals surface area contributed by atoms with Gasteiger partial charge >= 0.3 is 0 Å². The molecule has 1 aliphatic rings. The molecule has 0 aromatic heterocycles. The third-order valence-corrected chi connectivity index (χ3v) is 4.55. The molecule has 3 amide bonds. The summed E-state index contributed by atoms with van der Waals surface area (Å²) in [7, 11) is 1.47. The van der Waals surface area contributed by atoms with Gasteiger partial charge in [-0.1, -0.05) is 6.92 Å². The quantitative estimate of drug-likeness (QED) is 0.570. The van der Waals surface area contributed by atoms with E-state index in [1.54, 1.807) is 6.07 Å². The molecule has 1 saturated carbocycles. The first-order chi connectivity index (χ1) is 12.4. The fraction of sp³-hybridized carbons (Fsp3) is 0.471. The van der Waals surface area contributed by atoms with Gasteiger partial charge in [-0.2, -0.15) is 0 Å². The Morgan fingerprint density at radius 3 is 2.54 bits per heavy atom. The van der Waals surface area contributed by atoms with E-state index in [0.717, 1.165) is 6.42 Å². The lowest BCUT2D eigenvalue weighted by Gasteiger charge is -2.13. The minimum Gasteiger partial charge on any atom is -0.493 e. The molecular formula is C17H22BrN3O5. The van der Waals surface area contributed by atoms with E-state index >= 15 is 0 Å². The Morgan fingerprint density at radius 1 is 1.27 bits per heavy atom. The van der Waals surface area contributed by atoms with Crippen molar-refractivity contribution >= 4 is 33.7 Å². The summed E-state index contributed by atoms with van der Waals surface area (Å²) in [6.45, 7) is 4.07. The molecule has 26 heavy (non-hydrogen) atoms. The fourth-order valence-corrected chi connectivity index (χ4v) is 2.92. The van der Waals surface area contributed by atoms with Crippen LogP contribution >= 0.6 is 15.9 Å². The Morgan fingerprint density at radius 2 is 1.96 bits per heavy atom. The molecule has 8 nitrogen and oxygen atoms in total. The van der Waals surface area contributed by atoms with Crippen LogP contribution in [0.1, 0.15) is 30.6 Å². The van der Waals surface area contributed by atoms with Crippen LogP contribution in [0.15, 0.2) is 16.6 Å². The van der Waals surface area contributed by atoms with Crippen LogP contribution in [-0.2, 0) is 9.59 Å². The van der Waals surface area contributed by atoms with Crippen LogP contribution in [0.2, 0.25) is 0 Å². The van der Waals surface area contributed by atoms with Crippen LogP contribution in [0.25, 0.3) is 0 Å². The minimum atomic E-state index is -0.525. The van der Waals surface area contributed by atoms with Gasteiger partial charge < -0.3 is 14.8 Å². The van der Waals surface area contributed by atoms with Crippen LogP contribution in [0.3, 0.4) is 0 Å². The van der Waals surface area contributed by atoms with Gasteiger partial charge in [-0.25, -0.2) is 0 Å². The Balaban J connectivity index is 1.87. The normalized spacial score (nSPS) is 17.8. The lowest BCUT2D eigenvalue weighted by Crippen LogP contribution is -2.46. The first kappa shape index (κ1) is 20.0. The maximum atomic E-state index is 12.2. The maximum absolute atomic E-state index is 12.2. The van der Waals surface area contributed by atoms with Gasteiger partial charge in [-0.05, 0) is 47.3 Å². The van der Waals surface area contributed by atoms with Crippen molar-refractivity contribution in [3.05, 3.63) is 22.2 Å². The number of nitrogens with one attached hydrogen (secondary N) is 3. The number of ether oxygens (including phenoxy) is 2. The van der Waals surface area contributed by atoms with Crippen molar-refractivity contribution in [2.24, 2.45) is 11.8 Å². The van der Waals surface area contributed by atoms with Gasteiger partial charge in [0.1, 0.15) is 0 Å². The van der Waals surface area contributed by atoms with Gasteiger partial charge in [0.2, 0.25) is 5.91 Å². The predicted molar refractivity (Wildman–Crippen MR) is 97.8 cm³/mol. The molecule has 1 aromatic rings. The zero-order valence-electron chi connectivity index (χ0n) is 14.8. The molecule has 2 rings (SSSR count). The smallest absolute Gasteiger partial charge is 0.269 e. The summed E-state index contributed by atoms with van der Waals surface area (Å²) in [5.41, 5.74) is 4.83. The van der Waals surface area contributed by atoms with Gasteiger partial charge in [-0.15, -0.1) is 0 Å². The molecule has 1 aromatic carbocycles.